The van der Waals surface area contributed by atoms with Gasteiger partial charge in [-0.15, -0.1) is 6.42 Å². The van der Waals surface area contributed by atoms with E-state index in [9.17, 15) is 4.79 Å². The molecule has 0 aliphatic heterocycles. The fourth-order valence-corrected chi connectivity index (χ4v) is 4.67. The number of rotatable bonds is 5. The molecule has 0 unspecified atom stereocenters. The topological polar surface area (TPSA) is 26.3 Å². The first-order chi connectivity index (χ1) is 8.97. The van der Waals surface area contributed by atoms with Crippen molar-refractivity contribution in [3.63, 3.8) is 0 Å². The Bertz CT molecular complexity index is 469. The summed E-state index contributed by atoms with van der Waals surface area (Å²) in [7, 11) is -1.24. The van der Waals surface area contributed by atoms with E-state index in [2.05, 4.69) is 18.4 Å². The van der Waals surface area contributed by atoms with Gasteiger partial charge in [0, 0.05) is 5.56 Å². The molecule has 0 N–H and O–H groups in total. The highest BCUT2D eigenvalue weighted by Gasteiger charge is 2.32. The van der Waals surface area contributed by atoms with Crippen molar-refractivity contribution in [2.75, 3.05) is 19.1 Å². The summed E-state index contributed by atoms with van der Waals surface area (Å²) in [6.45, 7) is 4.31. The summed E-state index contributed by atoms with van der Waals surface area (Å²) in [5.41, 5.74) is 0.864. The van der Waals surface area contributed by atoms with Gasteiger partial charge < -0.3 is 4.74 Å². The number of ether oxygens (including phenoxy) is 1. The number of benzene rings is 1. The molecule has 0 amide bonds. The lowest BCUT2D eigenvalue weighted by Gasteiger charge is -2.38. The van der Waals surface area contributed by atoms with Crippen LogP contribution >= 0.6 is 10.0 Å². The van der Waals surface area contributed by atoms with Gasteiger partial charge in [0.25, 0.3) is 0 Å². The average Bonchev–Trinajstić information content (AvgIpc) is 2.39. The molecule has 19 heavy (non-hydrogen) atoms. The van der Waals surface area contributed by atoms with Gasteiger partial charge in [-0.25, -0.2) is 10.0 Å². The lowest BCUT2D eigenvalue weighted by molar-refractivity contribution is -0.142. The van der Waals surface area contributed by atoms with E-state index in [0.717, 1.165) is 12.0 Å². The largest absolute Gasteiger partial charge is 0.465 e. The first-order valence-corrected chi connectivity index (χ1v) is 8.94. The summed E-state index contributed by atoms with van der Waals surface area (Å²) in [6.07, 6.45) is 10.5. The fourth-order valence-electron chi connectivity index (χ4n) is 2.13. The number of carbonyl (C=O) groups excluding carboxylic acids is 1. The second-order valence-corrected chi connectivity index (χ2v) is 8.58. The number of esters is 1. The Morgan fingerprint density at radius 1 is 1.32 bits per heavy atom. The minimum Gasteiger partial charge on any atom is -0.465 e. The molecule has 0 saturated carbocycles. The molecule has 0 fully saturated rings. The monoisotopic (exact) mass is 278 g/mol. The molecule has 0 saturated heterocycles. The molecular formula is C16H22O2S. The molecule has 0 heterocycles. The van der Waals surface area contributed by atoms with E-state index in [1.165, 1.54) is 4.90 Å². The smallest absolute Gasteiger partial charge is 0.317 e. The van der Waals surface area contributed by atoms with Crippen LogP contribution in [-0.4, -0.2) is 30.3 Å². The standard InChI is InChI=1S/C16H22O2S/c1-6-13-9-11-14(12-10-13)19(4,5)15(7-2)16(17)18-8-3/h1,9-12,15H,7-8H2,2-5H3/t15-/m1/s1. The van der Waals surface area contributed by atoms with Gasteiger partial charge >= 0.3 is 5.97 Å². The lowest BCUT2D eigenvalue weighted by atomic mass is 10.2. The molecule has 0 bridgehead atoms. The van der Waals surface area contributed by atoms with Crippen LogP contribution in [0.1, 0.15) is 25.8 Å². The first kappa shape index (κ1) is 15.7. The number of carbonyl (C=O) groups is 1. The molecule has 3 heteroatoms. The first-order valence-electron chi connectivity index (χ1n) is 6.42. The van der Waals surface area contributed by atoms with Gasteiger partial charge in [0.15, 0.2) is 0 Å². The Morgan fingerprint density at radius 3 is 2.32 bits per heavy atom. The van der Waals surface area contributed by atoms with Gasteiger partial charge in [0.2, 0.25) is 0 Å². The van der Waals surface area contributed by atoms with Crippen LogP contribution < -0.4 is 0 Å². The fraction of sp³-hybridized carbons (Fsp3) is 0.438. The summed E-state index contributed by atoms with van der Waals surface area (Å²) in [5, 5.41) is -0.0656. The SMILES string of the molecule is C#Cc1ccc(S(C)(C)[C@H](CC)C(=O)OCC)cc1. The predicted octanol–water partition coefficient (Wildman–Crippen LogP) is 3.43. The van der Waals surface area contributed by atoms with Crippen LogP contribution in [0.4, 0.5) is 0 Å². The average molecular weight is 278 g/mol. The van der Waals surface area contributed by atoms with Crippen LogP contribution in [-0.2, 0) is 9.53 Å². The third-order valence-corrected chi connectivity index (χ3v) is 6.70. The normalized spacial score (nSPS) is 13.4. The van der Waals surface area contributed by atoms with E-state index < -0.39 is 10.0 Å². The van der Waals surface area contributed by atoms with Gasteiger partial charge in [-0.2, -0.15) is 0 Å². The Labute approximate surface area is 117 Å². The van der Waals surface area contributed by atoms with Crippen molar-refractivity contribution in [3.8, 4) is 12.3 Å². The highest BCUT2D eigenvalue weighted by atomic mass is 32.3. The highest BCUT2D eigenvalue weighted by molar-refractivity contribution is 8.33. The van der Waals surface area contributed by atoms with Gasteiger partial charge in [-0.05, 0) is 55.0 Å². The van der Waals surface area contributed by atoms with E-state index in [4.69, 9.17) is 11.2 Å². The molecule has 1 aromatic rings. The van der Waals surface area contributed by atoms with Gasteiger partial charge in [-0.1, -0.05) is 12.8 Å². The summed E-state index contributed by atoms with van der Waals surface area (Å²) >= 11 is 0. The highest BCUT2D eigenvalue weighted by Crippen LogP contribution is 2.54. The van der Waals surface area contributed by atoms with E-state index >= 15 is 0 Å². The van der Waals surface area contributed by atoms with E-state index in [0.29, 0.717) is 6.61 Å². The van der Waals surface area contributed by atoms with Gasteiger partial charge in [-0.3, -0.25) is 4.79 Å². The maximum absolute atomic E-state index is 12.1. The molecule has 1 rings (SSSR count). The zero-order chi connectivity index (χ0) is 14.5. The van der Waals surface area contributed by atoms with Crippen molar-refractivity contribution in [3.05, 3.63) is 29.8 Å². The molecule has 1 aromatic carbocycles. The number of hydrogen-bond donors (Lipinski definition) is 0. The molecule has 104 valence electrons. The second kappa shape index (κ2) is 6.68. The van der Waals surface area contributed by atoms with Crippen molar-refractivity contribution >= 4 is 16.0 Å². The molecular weight excluding hydrogens is 256 g/mol. The van der Waals surface area contributed by atoms with Crippen LogP contribution in [0.3, 0.4) is 0 Å². The van der Waals surface area contributed by atoms with Crippen molar-refractivity contribution in [1.29, 1.82) is 0 Å². The molecule has 0 aromatic heterocycles. The predicted molar refractivity (Wildman–Crippen MR) is 82.8 cm³/mol. The molecule has 0 aliphatic rings. The zero-order valence-electron chi connectivity index (χ0n) is 12.1. The van der Waals surface area contributed by atoms with E-state index in [-0.39, 0.29) is 11.2 Å². The van der Waals surface area contributed by atoms with Crippen LogP contribution in [0.15, 0.2) is 29.2 Å². The molecule has 1 atom stereocenters. The van der Waals surface area contributed by atoms with Crippen molar-refractivity contribution in [2.45, 2.75) is 30.4 Å². The summed E-state index contributed by atoms with van der Waals surface area (Å²) < 4.78 is 5.20. The van der Waals surface area contributed by atoms with Crippen LogP contribution in [0, 0.1) is 12.3 Å². The summed E-state index contributed by atoms with van der Waals surface area (Å²) in [6, 6.07) is 7.93. The van der Waals surface area contributed by atoms with E-state index in [1.807, 2.05) is 38.1 Å². The van der Waals surface area contributed by atoms with Crippen molar-refractivity contribution in [2.24, 2.45) is 0 Å². The minimum atomic E-state index is -1.24. The summed E-state index contributed by atoms with van der Waals surface area (Å²) in [5.74, 6) is 2.52. The van der Waals surface area contributed by atoms with Gasteiger partial charge in [0.05, 0.1) is 11.9 Å². The Kier molecular flexibility index (Phi) is 5.50. The molecule has 0 aliphatic carbocycles. The second-order valence-electron chi connectivity index (χ2n) is 4.72. The molecule has 0 radical (unpaired) electrons. The third-order valence-electron chi connectivity index (χ3n) is 3.26. The van der Waals surface area contributed by atoms with Crippen molar-refractivity contribution < 1.29 is 9.53 Å². The number of hydrogen-bond acceptors (Lipinski definition) is 2. The van der Waals surface area contributed by atoms with Crippen molar-refractivity contribution in [1.82, 2.24) is 0 Å². The van der Waals surface area contributed by atoms with Gasteiger partial charge in [0.1, 0.15) is 0 Å². The lowest BCUT2D eigenvalue weighted by Crippen LogP contribution is -2.28. The number of terminal acetylenes is 1. The van der Waals surface area contributed by atoms with Crippen LogP contribution in [0.25, 0.3) is 0 Å². The maximum Gasteiger partial charge on any atom is 0.317 e. The van der Waals surface area contributed by atoms with Crippen LogP contribution in [0.5, 0.6) is 0 Å². The Morgan fingerprint density at radius 2 is 1.89 bits per heavy atom. The molecule has 2 nitrogen and oxygen atoms in total. The van der Waals surface area contributed by atoms with Crippen LogP contribution in [0.2, 0.25) is 0 Å². The Balaban J connectivity index is 3.05. The zero-order valence-corrected chi connectivity index (χ0v) is 12.9. The maximum atomic E-state index is 12.1. The third kappa shape index (κ3) is 3.54. The quantitative estimate of drug-likeness (QED) is 0.609. The molecule has 0 spiro atoms. The van der Waals surface area contributed by atoms with E-state index in [1.54, 1.807) is 0 Å². The summed E-state index contributed by atoms with van der Waals surface area (Å²) in [4.78, 5) is 13.3. The Hall–Kier alpha value is -1.40. The minimum absolute atomic E-state index is 0.0656.